The van der Waals surface area contributed by atoms with E-state index in [4.69, 9.17) is 5.73 Å². The lowest BCUT2D eigenvalue weighted by atomic mass is 10.0. The summed E-state index contributed by atoms with van der Waals surface area (Å²) in [4.78, 5) is 85.7. The Balaban J connectivity index is 3.02. The van der Waals surface area contributed by atoms with Gasteiger partial charge in [0.25, 0.3) is 0 Å². The van der Waals surface area contributed by atoms with Crippen LogP contribution in [0.2, 0.25) is 0 Å². The van der Waals surface area contributed by atoms with Gasteiger partial charge in [-0.1, -0.05) is 30.3 Å². The van der Waals surface area contributed by atoms with Gasteiger partial charge in [0.2, 0.25) is 29.5 Å². The zero-order valence-electron chi connectivity index (χ0n) is 23.8. The molecule has 17 nitrogen and oxygen atoms in total. The van der Waals surface area contributed by atoms with Crippen LogP contribution in [-0.2, 0) is 40.0 Å². The van der Waals surface area contributed by atoms with Gasteiger partial charge in [0.05, 0.1) is 31.2 Å². The third-order valence-electron chi connectivity index (χ3n) is 5.89. The van der Waals surface area contributed by atoms with E-state index in [0.717, 1.165) is 13.8 Å². The topological polar surface area (TPSA) is 287 Å². The highest BCUT2D eigenvalue weighted by Gasteiger charge is 2.35. The van der Waals surface area contributed by atoms with E-state index in [-0.39, 0.29) is 6.42 Å². The molecule has 0 saturated heterocycles. The molecule has 0 radical (unpaired) electrons. The van der Waals surface area contributed by atoms with Gasteiger partial charge in [-0.25, -0.2) is 4.79 Å². The van der Waals surface area contributed by atoms with Crippen molar-refractivity contribution in [3.05, 3.63) is 35.9 Å². The van der Waals surface area contributed by atoms with Gasteiger partial charge in [-0.3, -0.25) is 28.8 Å². The first-order chi connectivity index (χ1) is 20.0. The number of aliphatic hydroxyl groups is 2. The maximum absolute atomic E-state index is 13.0. The van der Waals surface area contributed by atoms with E-state index >= 15 is 0 Å². The summed E-state index contributed by atoms with van der Waals surface area (Å²) in [6.45, 7) is 3.02. The second-order valence-corrected chi connectivity index (χ2v) is 9.77. The molecule has 0 aliphatic heterocycles. The third kappa shape index (κ3) is 12.8. The van der Waals surface area contributed by atoms with Crippen molar-refractivity contribution in [2.75, 3.05) is 6.54 Å². The molecule has 43 heavy (non-hydrogen) atoms. The SMILES string of the molecule is C[C@H](N)C(=O)NCC(=O)N[C@H](C(=O)N[C@H](C(=O)N[C@@H](CC(=O)O)C(=O)N[C@@H](Cc1ccccc1)C(=O)O)[C@@H](C)O)[C@@H](C)O. The standard InChI is InChI=1S/C26H38N6O11/c1-12(27)22(38)28-11-18(35)31-20(13(2)33)25(41)32-21(14(3)34)24(40)29-16(10-19(36)37)23(39)30-17(26(42)43)9-15-7-5-4-6-8-15/h4-8,12-14,16-17,20-21,33-34H,9-11,27H2,1-3H3,(H,28,38)(H,29,40)(H,30,39)(H,31,35)(H,32,41)(H,36,37)(H,42,43)/t12-,13+,14+,16-,17-,20-,21-/m0/s1. The number of carboxylic acids is 2. The highest BCUT2D eigenvalue weighted by molar-refractivity contribution is 5.97. The number of nitrogens with two attached hydrogens (primary N) is 1. The van der Waals surface area contributed by atoms with Crippen molar-refractivity contribution in [3.63, 3.8) is 0 Å². The molecule has 0 fully saturated rings. The monoisotopic (exact) mass is 610 g/mol. The number of carbonyl (C=O) groups is 7. The van der Waals surface area contributed by atoms with Crippen LogP contribution in [0.5, 0.6) is 0 Å². The van der Waals surface area contributed by atoms with Crippen LogP contribution in [0.4, 0.5) is 0 Å². The minimum absolute atomic E-state index is 0.149. The molecule has 1 aromatic carbocycles. The molecule has 0 spiro atoms. The van der Waals surface area contributed by atoms with Gasteiger partial charge >= 0.3 is 11.9 Å². The number of nitrogens with one attached hydrogen (secondary N) is 5. The van der Waals surface area contributed by atoms with Crippen LogP contribution in [0.25, 0.3) is 0 Å². The summed E-state index contributed by atoms with van der Waals surface area (Å²) in [5, 5.41) is 49.8. The van der Waals surface area contributed by atoms with Gasteiger partial charge in [-0.2, -0.15) is 0 Å². The largest absolute Gasteiger partial charge is 0.481 e. The van der Waals surface area contributed by atoms with E-state index in [2.05, 4.69) is 26.6 Å². The van der Waals surface area contributed by atoms with Gasteiger partial charge in [0, 0.05) is 6.42 Å². The lowest BCUT2D eigenvalue weighted by Crippen LogP contribution is -2.62. The summed E-state index contributed by atoms with van der Waals surface area (Å²) in [5.41, 5.74) is 5.94. The second-order valence-electron chi connectivity index (χ2n) is 9.77. The fourth-order valence-electron chi connectivity index (χ4n) is 3.57. The van der Waals surface area contributed by atoms with Crippen molar-refractivity contribution in [1.82, 2.24) is 26.6 Å². The Labute approximate surface area is 246 Å². The van der Waals surface area contributed by atoms with Crippen LogP contribution in [0.15, 0.2) is 30.3 Å². The maximum atomic E-state index is 13.0. The minimum atomic E-state index is -1.82. The van der Waals surface area contributed by atoms with Gasteiger partial charge in [0.1, 0.15) is 24.2 Å². The zero-order chi connectivity index (χ0) is 32.9. The van der Waals surface area contributed by atoms with Crippen LogP contribution in [0, 0.1) is 0 Å². The van der Waals surface area contributed by atoms with E-state index in [0.29, 0.717) is 5.56 Å². The molecule has 5 amide bonds. The van der Waals surface area contributed by atoms with Crippen molar-refractivity contribution in [2.24, 2.45) is 5.73 Å². The van der Waals surface area contributed by atoms with Crippen LogP contribution >= 0.6 is 0 Å². The molecular weight excluding hydrogens is 572 g/mol. The lowest BCUT2D eigenvalue weighted by molar-refractivity contribution is -0.144. The van der Waals surface area contributed by atoms with E-state index < -0.39 is 96.9 Å². The molecule has 0 aromatic heterocycles. The van der Waals surface area contributed by atoms with Crippen molar-refractivity contribution < 1.29 is 54.0 Å². The van der Waals surface area contributed by atoms with E-state index in [1.54, 1.807) is 30.3 Å². The number of aliphatic hydroxyl groups excluding tert-OH is 2. The zero-order valence-corrected chi connectivity index (χ0v) is 23.8. The third-order valence-corrected chi connectivity index (χ3v) is 5.89. The van der Waals surface area contributed by atoms with Gasteiger partial charge in [-0.05, 0) is 26.3 Å². The van der Waals surface area contributed by atoms with Crippen LogP contribution < -0.4 is 32.3 Å². The number of aliphatic carboxylic acids is 2. The molecule has 0 heterocycles. The Morgan fingerprint density at radius 3 is 1.72 bits per heavy atom. The van der Waals surface area contributed by atoms with Crippen LogP contribution in [-0.4, -0.2) is 111 Å². The Bertz CT molecular complexity index is 1160. The molecule has 17 heteroatoms. The summed E-state index contributed by atoms with van der Waals surface area (Å²) in [7, 11) is 0. The molecule has 238 valence electrons. The molecule has 0 bridgehead atoms. The molecule has 7 atom stereocenters. The quantitative estimate of drug-likeness (QED) is 0.0806. The average molecular weight is 611 g/mol. The second kappa shape index (κ2) is 17.4. The minimum Gasteiger partial charge on any atom is -0.481 e. The van der Waals surface area contributed by atoms with Crippen LogP contribution in [0.3, 0.4) is 0 Å². The first kappa shape index (κ1) is 36.4. The number of amides is 5. The van der Waals surface area contributed by atoms with E-state index in [1.165, 1.54) is 6.92 Å². The van der Waals surface area contributed by atoms with Gasteiger partial charge in [0.15, 0.2) is 0 Å². The predicted molar refractivity (Wildman–Crippen MR) is 148 cm³/mol. The Morgan fingerprint density at radius 2 is 1.23 bits per heavy atom. The highest BCUT2D eigenvalue weighted by Crippen LogP contribution is 2.06. The number of benzene rings is 1. The Kier molecular flexibility index (Phi) is 14.7. The summed E-state index contributed by atoms with van der Waals surface area (Å²) in [6, 6.07) is 0.554. The predicted octanol–water partition coefficient (Wildman–Crippen LogP) is -4.05. The first-order valence-electron chi connectivity index (χ1n) is 13.1. The highest BCUT2D eigenvalue weighted by atomic mass is 16.4. The molecule has 0 saturated carbocycles. The summed E-state index contributed by atoms with van der Waals surface area (Å²) < 4.78 is 0. The molecule has 0 aliphatic rings. The molecule has 1 aromatic rings. The van der Waals surface area contributed by atoms with E-state index in [9.17, 15) is 54.0 Å². The lowest BCUT2D eigenvalue weighted by Gasteiger charge is -2.27. The molecule has 11 N–H and O–H groups in total. The van der Waals surface area contributed by atoms with Crippen molar-refractivity contribution in [1.29, 1.82) is 0 Å². The summed E-state index contributed by atoms with van der Waals surface area (Å²) in [5.74, 6) is -8.02. The summed E-state index contributed by atoms with van der Waals surface area (Å²) >= 11 is 0. The number of carbonyl (C=O) groups excluding carboxylic acids is 5. The molecule has 1 rings (SSSR count). The molecule has 0 aliphatic carbocycles. The first-order valence-corrected chi connectivity index (χ1v) is 13.1. The molecular formula is C26H38N6O11. The van der Waals surface area contributed by atoms with E-state index in [1.807, 2.05) is 0 Å². The smallest absolute Gasteiger partial charge is 0.326 e. The van der Waals surface area contributed by atoms with Crippen molar-refractivity contribution in [2.45, 2.75) is 76.0 Å². The number of hydrogen-bond acceptors (Lipinski definition) is 10. The average Bonchev–Trinajstić information content (AvgIpc) is 2.91. The van der Waals surface area contributed by atoms with Crippen molar-refractivity contribution >= 4 is 41.5 Å². The van der Waals surface area contributed by atoms with Crippen molar-refractivity contribution in [3.8, 4) is 0 Å². The maximum Gasteiger partial charge on any atom is 0.326 e. The van der Waals surface area contributed by atoms with Gasteiger partial charge in [-0.15, -0.1) is 0 Å². The number of carboxylic acid groups (broad SMARTS) is 2. The number of hydrogen-bond donors (Lipinski definition) is 10. The van der Waals surface area contributed by atoms with Crippen LogP contribution in [0.1, 0.15) is 32.8 Å². The Hall–Kier alpha value is -4.61. The van der Waals surface area contributed by atoms with Gasteiger partial charge < -0.3 is 52.7 Å². The summed E-state index contributed by atoms with van der Waals surface area (Å²) in [6.07, 6.45) is -4.27. The molecule has 0 unspecified atom stereocenters. The number of rotatable bonds is 17. The normalized spacial score (nSPS) is 15.7. The fraction of sp³-hybridized carbons (Fsp3) is 0.500. The Morgan fingerprint density at radius 1 is 0.721 bits per heavy atom. The fourth-order valence-corrected chi connectivity index (χ4v) is 3.57.